The van der Waals surface area contributed by atoms with Crippen LogP contribution in [-0.4, -0.2) is 44.3 Å². The highest BCUT2D eigenvalue weighted by atomic mass is 32.2. The van der Waals surface area contributed by atoms with Crippen LogP contribution in [0.3, 0.4) is 0 Å². The number of aryl methyl sites for hydroxylation is 1. The number of ether oxygens (including phenoxy) is 1. The van der Waals surface area contributed by atoms with E-state index in [4.69, 9.17) is 9.15 Å². The fraction of sp³-hybridized carbons (Fsp3) is 0.478. The molecule has 32 heavy (non-hydrogen) atoms. The second-order valence-corrected chi connectivity index (χ2v) is 10.1. The molecule has 2 aromatic rings. The van der Waals surface area contributed by atoms with E-state index in [-0.39, 0.29) is 48.3 Å². The average molecular weight is 463 g/mol. The van der Waals surface area contributed by atoms with Gasteiger partial charge in [-0.2, -0.15) is 4.31 Å². The van der Waals surface area contributed by atoms with Crippen LogP contribution in [0.15, 0.2) is 39.8 Å². The number of nitrogens with zero attached hydrogens (tertiary/aromatic N) is 1. The Labute approximate surface area is 189 Å². The van der Waals surface area contributed by atoms with Gasteiger partial charge in [0.15, 0.2) is 0 Å². The van der Waals surface area contributed by atoms with E-state index in [0.717, 1.165) is 16.8 Å². The van der Waals surface area contributed by atoms with Crippen molar-refractivity contribution in [1.29, 1.82) is 0 Å². The highest BCUT2D eigenvalue weighted by molar-refractivity contribution is 7.89. The molecule has 1 amide bonds. The zero-order valence-electron chi connectivity index (χ0n) is 18.9. The molecular weight excluding hydrogens is 432 g/mol. The number of amides is 1. The monoisotopic (exact) mass is 462 g/mol. The van der Waals surface area contributed by atoms with Gasteiger partial charge in [-0.15, -0.1) is 0 Å². The molecule has 2 heterocycles. The van der Waals surface area contributed by atoms with Gasteiger partial charge in [-0.05, 0) is 55.9 Å². The van der Waals surface area contributed by atoms with Gasteiger partial charge in [-0.1, -0.05) is 32.0 Å². The predicted octanol–water partition coefficient (Wildman–Crippen LogP) is 3.93. The van der Waals surface area contributed by atoms with Crippen molar-refractivity contribution < 1.29 is 27.2 Å². The number of sulfonamides is 1. The van der Waals surface area contributed by atoms with Gasteiger partial charge >= 0.3 is 5.97 Å². The Morgan fingerprint density at radius 2 is 1.88 bits per heavy atom. The first-order valence-electron chi connectivity index (χ1n) is 10.8. The molecule has 1 aromatic carbocycles. The third-order valence-electron chi connectivity index (χ3n) is 5.65. The molecular formula is C23H30N2O6S. The van der Waals surface area contributed by atoms with Crippen LogP contribution >= 0.6 is 0 Å². The molecule has 0 radical (unpaired) electrons. The largest absolute Gasteiger partial charge is 0.460 e. The summed E-state index contributed by atoms with van der Waals surface area (Å²) in [5.74, 6) is -0.973. The van der Waals surface area contributed by atoms with E-state index in [0.29, 0.717) is 12.8 Å². The summed E-state index contributed by atoms with van der Waals surface area (Å²) < 4.78 is 37.1. The van der Waals surface area contributed by atoms with Crippen LogP contribution in [0, 0.1) is 12.8 Å². The zero-order valence-corrected chi connectivity index (χ0v) is 19.7. The summed E-state index contributed by atoms with van der Waals surface area (Å²) in [7, 11) is -3.90. The summed E-state index contributed by atoms with van der Waals surface area (Å²) in [6, 6.07) is 8.50. The number of anilines is 1. The molecule has 1 aliphatic heterocycles. The number of carbonyl (C=O) groups is 2. The second-order valence-electron chi connectivity index (χ2n) is 8.20. The van der Waals surface area contributed by atoms with E-state index < -0.39 is 16.0 Å². The van der Waals surface area contributed by atoms with Crippen LogP contribution in [0.25, 0.3) is 0 Å². The van der Waals surface area contributed by atoms with Gasteiger partial charge in [-0.25, -0.2) is 13.2 Å². The Kier molecular flexibility index (Phi) is 7.40. The number of nitrogens with one attached hydrogen (secondary N) is 1. The molecule has 8 nitrogen and oxygen atoms in total. The van der Waals surface area contributed by atoms with Crippen molar-refractivity contribution in [3.63, 3.8) is 0 Å². The van der Waals surface area contributed by atoms with Crippen LogP contribution in [0.2, 0.25) is 0 Å². The standard InChI is InChI=1S/C23H30N2O6S/c1-5-30-23(27)19-9-10-20(31-19)32(28,29)25-13-11-17(12-14-25)22(26)24-21-16(4)7-6-8-18(21)15(2)3/h6-10,15,17H,5,11-14H2,1-4H3,(H,24,26). The summed E-state index contributed by atoms with van der Waals surface area (Å²) in [6.45, 7) is 8.33. The van der Waals surface area contributed by atoms with Crippen molar-refractivity contribution in [1.82, 2.24) is 4.31 Å². The van der Waals surface area contributed by atoms with E-state index >= 15 is 0 Å². The minimum absolute atomic E-state index is 0.0964. The van der Waals surface area contributed by atoms with E-state index in [9.17, 15) is 18.0 Å². The maximum Gasteiger partial charge on any atom is 0.374 e. The SMILES string of the molecule is CCOC(=O)c1ccc(S(=O)(=O)N2CCC(C(=O)Nc3c(C)cccc3C(C)C)CC2)o1. The molecule has 1 aliphatic rings. The number of carbonyl (C=O) groups excluding carboxylic acids is 2. The van der Waals surface area contributed by atoms with Crippen molar-refractivity contribution in [2.75, 3.05) is 25.0 Å². The first kappa shape index (κ1) is 24.0. The number of furan rings is 1. The number of para-hydroxylation sites is 1. The second kappa shape index (κ2) is 9.87. The Balaban J connectivity index is 1.65. The summed E-state index contributed by atoms with van der Waals surface area (Å²) in [5.41, 5.74) is 2.91. The quantitative estimate of drug-likeness (QED) is 0.625. The molecule has 0 unspecified atom stereocenters. The van der Waals surface area contributed by atoms with Gasteiger partial charge in [-0.3, -0.25) is 4.79 Å². The maximum absolute atomic E-state index is 12.9. The number of hydrogen-bond donors (Lipinski definition) is 1. The fourth-order valence-electron chi connectivity index (χ4n) is 3.82. The molecule has 0 aliphatic carbocycles. The number of esters is 1. The van der Waals surface area contributed by atoms with Crippen LogP contribution in [-0.2, 0) is 19.6 Å². The molecule has 1 fully saturated rings. The minimum Gasteiger partial charge on any atom is -0.460 e. The van der Waals surface area contributed by atoms with Crippen LogP contribution < -0.4 is 5.32 Å². The molecule has 1 aromatic heterocycles. The van der Waals surface area contributed by atoms with Gasteiger partial charge < -0.3 is 14.5 Å². The topological polar surface area (TPSA) is 106 Å². The highest BCUT2D eigenvalue weighted by Gasteiger charge is 2.34. The summed E-state index contributed by atoms with van der Waals surface area (Å²) in [5, 5.41) is 2.77. The lowest BCUT2D eigenvalue weighted by molar-refractivity contribution is -0.120. The third kappa shape index (κ3) is 5.05. The van der Waals surface area contributed by atoms with Gasteiger partial charge in [0.25, 0.3) is 10.0 Å². The van der Waals surface area contributed by atoms with Crippen LogP contribution in [0.4, 0.5) is 5.69 Å². The van der Waals surface area contributed by atoms with E-state index in [1.807, 2.05) is 25.1 Å². The summed E-state index contributed by atoms with van der Waals surface area (Å²) in [6.07, 6.45) is 0.804. The molecule has 1 saturated heterocycles. The van der Waals surface area contributed by atoms with Crippen molar-refractivity contribution in [2.24, 2.45) is 5.92 Å². The highest BCUT2D eigenvalue weighted by Crippen LogP contribution is 2.30. The van der Waals surface area contributed by atoms with Crippen molar-refractivity contribution in [3.05, 3.63) is 47.2 Å². The first-order chi connectivity index (χ1) is 15.1. The molecule has 0 atom stereocenters. The predicted molar refractivity (Wildman–Crippen MR) is 120 cm³/mol. The molecule has 174 valence electrons. The normalized spacial score (nSPS) is 15.7. The summed E-state index contributed by atoms with van der Waals surface area (Å²) in [4.78, 5) is 24.7. The fourth-order valence-corrected chi connectivity index (χ4v) is 5.21. The average Bonchev–Trinajstić information content (AvgIpc) is 3.26. The first-order valence-corrected chi connectivity index (χ1v) is 12.3. The lowest BCUT2D eigenvalue weighted by atomic mass is 9.95. The van der Waals surface area contributed by atoms with E-state index in [1.54, 1.807) is 6.92 Å². The Morgan fingerprint density at radius 1 is 1.19 bits per heavy atom. The van der Waals surface area contributed by atoms with Gasteiger partial charge in [0.2, 0.25) is 16.8 Å². The Hall–Kier alpha value is -2.65. The number of hydrogen-bond acceptors (Lipinski definition) is 6. The maximum atomic E-state index is 12.9. The van der Waals surface area contributed by atoms with Crippen LogP contribution in [0.1, 0.15) is 61.2 Å². The molecule has 9 heteroatoms. The molecule has 3 rings (SSSR count). The smallest absolute Gasteiger partial charge is 0.374 e. The van der Waals surface area contributed by atoms with Crippen molar-refractivity contribution >= 4 is 27.6 Å². The summed E-state index contributed by atoms with van der Waals surface area (Å²) >= 11 is 0. The number of rotatable bonds is 7. The van der Waals surface area contributed by atoms with E-state index in [2.05, 4.69) is 19.2 Å². The van der Waals surface area contributed by atoms with Gasteiger partial charge in [0.05, 0.1) is 6.61 Å². The van der Waals surface area contributed by atoms with Crippen molar-refractivity contribution in [3.8, 4) is 0 Å². The lowest BCUT2D eigenvalue weighted by Crippen LogP contribution is -2.41. The van der Waals surface area contributed by atoms with Gasteiger partial charge in [0.1, 0.15) is 0 Å². The van der Waals surface area contributed by atoms with Crippen LogP contribution in [0.5, 0.6) is 0 Å². The Morgan fingerprint density at radius 3 is 2.50 bits per heavy atom. The van der Waals surface area contributed by atoms with Gasteiger partial charge in [0, 0.05) is 24.7 Å². The zero-order chi connectivity index (χ0) is 23.5. The molecule has 0 saturated carbocycles. The lowest BCUT2D eigenvalue weighted by Gasteiger charge is -2.30. The van der Waals surface area contributed by atoms with Crippen molar-refractivity contribution in [2.45, 2.75) is 51.5 Å². The third-order valence-corrected chi connectivity index (χ3v) is 7.42. The number of piperidine rings is 1. The molecule has 0 spiro atoms. The number of benzene rings is 1. The minimum atomic E-state index is -3.90. The van der Waals surface area contributed by atoms with E-state index in [1.165, 1.54) is 16.4 Å². The Bertz CT molecular complexity index is 1080. The molecule has 1 N–H and O–H groups in total. The molecule has 0 bridgehead atoms.